The summed E-state index contributed by atoms with van der Waals surface area (Å²) in [7, 11) is 2.01. The SMILES string of the molecule is CCCNC(Cc1cc(C)nn1C)c1cncs1. The minimum atomic E-state index is 0.340. The molecule has 0 aliphatic rings. The smallest absolute Gasteiger partial charge is 0.0794 e. The van der Waals surface area contributed by atoms with Crippen LogP contribution in [0.1, 0.15) is 35.7 Å². The van der Waals surface area contributed by atoms with E-state index in [-0.39, 0.29) is 0 Å². The van der Waals surface area contributed by atoms with Gasteiger partial charge < -0.3 is 5.32 Å². The van der Waals surface area contributed by atoms with Gasteiger partial charge in [-0.05, 0) is 26.0 Å². The van der Waals surface area contributed by atoms with E-state index in [1.165, 1.54) is 10.6 Å². The zero-order valence-electron chi connectivity index (χ0n) is 11.2. The quantitative estimate of drug-likeness (QED) is 0.871. The number of hydrogen-bond donors (Lipinski definition) is 1. The zero-order valence-corrected chi connectivity index (χ0v) is 12.0. The molecule has 0 saturated carbocycles. The normalized spacial score (nSPS) is 12.8. The van der Waals surface area contributed by atoms with Gasteiger partial charge in [0.2, 0.25) is 0 Å². The highest BCUT2D eigenvalue weighted by Gasteiger charge is 2.15. The molecule has 2 rings (SSSR count). The second-order valence-electron chi connectivity index (χ2n) is 4.52. The molecule has 0 amide bonds. The van der Waals surface area contributed by atoms with Crippen LogP contribution in [0.3, 0.4) is 0 Å². The van der Waals surface area contributed by atoms with Crippen molar-refractivity contribution in [3.05, 3.63) is 34.0 Å². The number of hydrogen-bond acceptors (Lipinski definition) is 4. The molecule has 5 heteroatoms. The van der Waals surface area contributed by atoms with Crippen molar-refractivity contribution in [1.82, 2.24) is 20.1 Å². The average Bonchev–Trinajstić information content (AvgIpc) is 2.95. The summed E-state index contributed by atoms with van der Waals surface area (Å²) < 4.78 is 1.97. The predicted octanol–water partition coefficient (Wildman–Crippen LogP) is 2.47. The van der Waals surface area contributed by atoms with Crippen LogP contribution in [0.4, 0.5) is 0 Å². The van der Waals surface area contributed by atoms with Crippen molar-refractivity contribution in [3.8, 4) is 0 Å². The van der Waals surface area contributed by atoms with E-state index in [1.807, 2.05) is 30.4 Å². The molecule has 0 spiro atoms. The van der Waals surface area contributed by atoms with Gasteiger partial charge in [-0.3, -0.25) is 9.67 Å². The Morgan fingerprint density at radius 1 is 1.50 bits per heavy atom. The van der Waals surface area contributed by atoms with Crippen LogP contribution in [-0.4, -0.2) is 21.3 Å². The first kappa shape index (κ1) is 13.2. The summed E-state index contributed by atoms with van der Waals surface area (Å²) in [6.45, 7) is 5.25. The van der Waals surface area contributed by atoms with E-state index >= 15 is 0 Å². The zero-order chi connectivity index (χ0) is 13.0. The first-order valence-electron chi connectivity index (χ1n) is 6.32. The lowest BCUT2D eigenvalue weighted by Crippen LogP contribution is -2.24. The Balaban J connectivity index is 2.12. The minimum absolute atomic E-state index is 0.340. The van der Waals surface area contributed by atoms with E-state index in [0.717, 1.165) is 25.1 Å². The second-order valence-corrected chi connectivity index (χ2v) is 5.43. The number of aryl methyl sites for hydroxylation is 2. The van der Waals surface area contributed by atoms with Gasteiger partial charge in [0.05, 0.1) is 11.2 Å². The van der Waals surface area contributed by atoms with Gasteiger partial charge in [0.15, 0.2) is 0 Å². The molecule has 4 nitrogen and oxygen atoms in total. The van der Waals surface area contributed by atoms with Gasteiger partial charge in [-0.2, -0.15) is 5.10 Å². The first-order valence-corrected chi connectivity index (χ1v) is 7.20. The molecule has 0 radical (unpaired) electrons. The monoisotopic (exact) mass is 264 g/mol. The van der Waals surface area contributed by atoms with Crippen LogP contribution in [0.25, 0.3) is 0 Å². The number of thiazole rings is 1. The van der Waals surface area contributed by atoms with Crippen molar-refractivity contribution >= 4 is 11.3 Å². The highest BCUT2D eigenvalue weighted by molar-refractivity contribution is 7.09. The molecule has 1 atom stereocenters. The summed E-state index contributed by atoms with van der Waals surface area (Å²) in [4.78, 5) is 5.47. The molecule has 2 aromatic rings. The van der Waals surface area contributed by atoms with Crippen molar-refractivity contribution in [2.75, 3.05) is 6.54 Å². The topological polar surface area (TPSA) is 42.7 Å². The molecule has 1 unspecified atom stereocenters. The molecule has 2 aromatic heterocycles. The fourth-order valence-corrected chi connectivity index (χ4v) is 2.75. The standard InChI is InChI=1S/C13H20N4S/c1-4-5-15-12(13-8-14-9-18-13)7-11-6-10(2)16-17(11)3/h6,8-9,12,15H,4-5,7H2,1-3H3. The van der Waals surface area contributed by atoms with Gasteiger partial charge in [-0.15, -0.1) is 11.3 Å². The van der Waals surface area contributed by atoms with E-state index in [0.29, 0.717) is 6.04 Å². The predicted molar refractivity (Wildman–Crippen MR) is 74.8 cm³/mol. The summed E-state index contributed by atoms with van der Waals surface area (Å²) in [5.41, 5.74) is 4.23. The van der Waals surface area contributed by atoms with E-state index in [4.69, 9.17) is 0 Å². The Kier molecular flexibility index (Phi) is 4.49. The van der Waals surface area contributed by atoms with Crippen LogP contribution in [0, 0.1) is 6.92 Å². The van der Waals surface area contributed by atoms with Crippen LogP contribution in [0.5, 0.6) is 0 Å². The maximum atomic E-state index is 4.40. The Morgan fingerprint density at radius 2 is 2.33 bits per heavy atom. The fraction of sp³-hybridized carbons (Fsp3) is 0.538. The maximum Gasteiger partial charge on any atom is 0.0794 e. The Morgan fingerprint density at radius 3 is 2.89 bits per heavy atom. The second kappa shape index (κ2) is 6.11. The third kappa shape index (κ3) is 3.17. The average molecular weight is 264 g/mol. The lowest BCUT2D eigenvalue weighted by molar-refractivity contribution is 0.518. The van der Waals surface area contributed by atoms with Crippen molar-refractivity contribution in [3.63, 3.8) is 0 Å². The third-order valence-corrected chi connectivity index (χ3v) is 3.84. The molecule has 18 heavy (non-hydrogen) atoms. The van der Waals surface area contributed by atoms with Gasteiger partial charge in [0.25, 0.3) is 0 Å². The molecule has 0 aliphatic carbocycles. The number of aromatic nitrogens is 3. The molecule has 0 aliphatic heterocycles. The van der Waals surface area contributed by atoms with Gasteiger partial charge >= 0.3 is 0 Å². The van der Waals surface area contributed by atoms with Gasteiger partial charge in [-0.1, -0.05) is 6.92 Å². The van der Waals surface area contributed by atoms with Crippen molar-refractivity contribution < 1.29 is 0 Å². The molecular formula is C13H20N4S. The minimum Gasteiger partial charge on any atom is -0.309 e. The summed E-state index contributed by atoms with van der Waals surface area (Å²) in [6.07, 6.45) is 4.06. The molecule has 2 heterocycles. The highest BCUT2D eigenvalue weighted by atomic mass is 32.1. The molecular weight excluding hydrogens is 244 g/mol. The molecule has 1 N–H and O–H groups in total. The molecule has 0 bridgehead atoms. The lowest BCUT2D eigenvalue weighted by atomic mass is 10.1. The van der Waals surface area contributed by atoms with Gasteiger partial charge in [0, 0.05) is 36.3 Å². The Bertz CT molecular complexity index is 475. The van der Waals surface area contributed by atoms with Crippen LogP contribution >= 0.6 is 11.3 Å². The van der Waals surface area contributed by atoms with E-state index in [2.05, 4.69) is 28.4 Å². The lowest BCUT2D eigenvalue weighted by Gasteiger charge is -2.16. The van der Waals surface area contributed by atoms with E-state index in [9.17, 15) is 0 Å². The maximum absolute atomic E-state index is 4.40. The number of nitrogens with one attached hydrogen (secondary N) is 1. The van der Waals surface area contributed by atoms with Crippen LogP contribution in [0.2, 0.25) is 0 Å². The van der Waals surface area contributed by atoms with Crippen molar-refractivity contribution in [2.45, 2.75) is 32.7 Å². The Hall–Kier alpha value is -1.20. The van der Waals surface area contributed by atoms with Gasteiger partial charge in [0.1, 0.15) is 0 Å². The molecule has 0 aromatic carbocycles. The van der Waals surface area contributed by atoms with Crippen LogP contribution < -0.4 is 5.32 Å². The number of rotatable bonds is 6. The number of nitrogens with zero attached hydrogens (tertiary/aromatic N) is 3. The summed E-state index contributed by atoms with van der Waals surface area (Å²) >= 11 is 1.71. The largest absolute Gasteiger partial charge is 0.309 e. The van der Waals surface area contributed by atoms with Gasteiger partial charge in [-0.25, -0.2) is 0 Å². The molecule has 98 valence electrons. The summed E-state index contributed by atoms with van der Waals surface area (Å²) in [5, 5.41) is 7.99. The van der Waals surface area contributed by atoms with Crippen LogP contribution in [0.15, 0.2) is 17.8 Å². The first-order chi connectivity index (χ1) is 8.70. The highest BCUT2D eigenvalue weighted by Crippen LogP contribution is 2.21. The van der Waals surface area contributed by atoms with Crippen molar-refractivity contribution in [2.24, 2.45) is 7.05 Å². The summed E-state index contributed by atoms with van der Waals surface area (Å²) in [5.74, 6) is 0. The fourth-order valence-electron chi connectivity index (χ4n) is 2.05. The van der Waals surface area contributed by atoms with E-state index < -0.39 is 0 Å². The Labute approximate surface area is 112 Å². The molecule has 0 fully saturated rings. The molecule has 0 saturated heterocycles. The van der Waals surface area contributed by atoms with E-state index in [1.54, 1.807) is 11.3 Å². The summed E-state index contributed by atoms with van der Waals surface area (Å²) in [6, 6.07) is 2.49. The van der Waals surface area contributed by atoms with Crippen molar-refractivity contribution in [1.29, 1.82) is 0 Å². The van der Waals surface area contributed by atoms with Crippen LogP contribution in [-0.2, 0) is 13.5 Å². The third-order valence-electron chi connectivity index (χ3n) is 2.95.